The number of ether oxygens (including phenoxy) is 1. The first kappa shape index (κ1) is 25.9. The number of halogens is 1. The number of carbonyl (C=O) groups excluding carboxylic acids is 3. The highest BCUT2D eigenvalue weighted by Crippen LogP contribution is 2.37. The van der Waals surface area contributed by atoms with Crippen LogP contribution in [0.4, 0.5) is 10.2 Å². The summed E-state index contributed by atoms with van der Waals surface area (Å²) in [5.74, 6) is -2.24. The first-order valence-electron chi connectivity index (χ1n) is 11.8. The topological polar surface area (TPSA) is 113 Å². The van der Waals surface area contributed by atoms with Crippen LogP contribution in [0.5, 0.6) is 0 Å². The first-order valence-corrected chi connectivity index (χ1v) is 11.8. The molecule has 2 aromatic rings. The van der Waals surface area contributed by atoms with Gasteiger partial charge >= 0.3 is 5.97 Å². The van der Waals surface area contributed by atoms with E-state index in [4.69, 9.17) is 4.74 Å². The second-order valence-corrected chi connectivity index (χ2v) is 9.21. The highest BCUT2D eigenvalue weighted by molar-refractivity contribution is 5.97. The molecule has 186 valence electrons. The highest BCUT2D eigenvalue weighted by atomic mass is 19.1. The van der Waals surface area contributed by atoms with E-state index in [0.29, 0.717) is 11.4 Å². The Bertz CT molecular complexity index is 1140. The summed E-state index contributed by atoms with van der Waals surface area (Å²) < 4.78 is 20.3. The largest absolute Gasteiger partial charge is 0.454 e. The van der Waals surface area contributed by atoms with Crippen molar-refractivity contribution in [2.45, 2.75) is 65.5 Å². The number of hydrogen-bond acceptors (Lipinski definition) is 5. The molecule has 0 bridgehead atoms. The van der Waals surface area contributed by atoms with E-state index in [-0.39, 0.29) is 17.5 Å². The molecule has 0 spiro atoms. The Morgan fingerprint density at radius 3 is 2.37 bits per heavy atom. The molecule has 1 aromatic heterocycles. The van der Waals surface area contributed by atoms with Crippen molar-refractivity contribution in [3.8, 4) is 6.07 Å². The molecular weight excluding hydrogens is 451 g/mol. The summed E-state index contributed by atoms with van der Waals surface area (Å²) >= 11 is 0. The van der Waals surface area contributed by atoms with Gasteiger partial charge in [0, 0.05) is 17.3 Å². The van der Waals surface area contributed by atoms with Gasteiger partial charge in [-0.2, -0.15) is 5.26 Å². The lowest BCUT2D eigenvalue weighted by Gasteiger charge is -2.21. The van der Waals surface area contributed by atoms with Crippen molar-refractivity contribution in [3.05, 3.63) is 52.5 Å². The second-order valence-electron chi connectivity index (χ2n) is 9.21. The normalized spacial score (nSPS) is 14.4. The molecule has 2 amide bonds. The van der Waals surface area contributed by atoms with Gasteiger partial charge in [-0.15, -0.1) is 0 Å². The molecule has 9 heteroatoms. The van der Waals surface area contributed by atoms with Gasteiger partial charge in [0.2, 0.25) is 0 Å². The molecule has 1 heterocycles. The van der Waals surface area contributed by atoms with Crippen molar-refractivity contribution in [1.82, 2.24) is 9.88 Å². The molecule has 0 unspecified atom stereocenters. The van der Waals surface area contributed by atoms with Crippen LogP contribution in [0.2, 0.25) is 0 Å². The van der Waals surface area contributed by atoms with Gasteiger partial charge < -0.3 is 19.9 Å². The summed E-state index contributed by atoms with van der Waals surface area (Å²) in [5.41, 5.74) is 2.35. The van der Waals surface area contributed by atoms with E-state index in [0.717, 1.165) is 49.1 Å². The quantitative estimate of drug-likeness (QED) is 0.549. The number of benzene rings is 1. The van der Waals surface area contributed by atoms with Gasteiger partial charge in [0.1, 0.15) is 23.7 Å². The van der Waals surface area contributed by atoms with Crippen LogP contribution >= 0.6 is 0 Å². The molecule has 1 aliphatic rings. The van der Waals surface area contributed by atoms with Crippen LogP contribution in [0.15, 0.2) is 24.3 Å². The molecular formula is C26H31FN4O4. The number of nitriles is 1. The monoisotopic (exact) mass is 482 g/mol. The van der Waals surface area contributed by atoms with E-state index in [1.807, 2.05) is 18.4 Å². The van der Waals surface area contributed by atoms with Gasteiger partial charge in [0.15, 0.2) is 6.61 Å². The maximum absolute atomic E-state index is 13.1. The number of rotatable bonds is 8. The Kier molecular flexibility index (Phi) is 8.28. The number of nitrogens with zero attached hydrogens (tertiary/aromatic N) is 2. The average molecular weight is 483 g/mol. The Balaban J connectivity index is 1.67. The number of aromatic nitrogens is 1. The number of esters is 1. The van der Waals surface area contributed by atoms with E-state index in [1.54, 1.807) is 13.8 Å². The van der Waals surface area contributed by atoms with Crippen LogP contribution in [-0.2, 0) is 14.3 Å². The average Bonchev–Trinajstić information content (AvgIpc) is 3.42. The molecule has 0 saturated heterocycles. The Morgan fingerprint density at radius 2 is 1.80 bits per heavy atom. The zero-order chi connectivity index (χ0) is 25.7. The third-order valence-electron chi connectivity index (χ3n) is 6.48. The fourth-order valence-corrected chi connectivity index (χ4v) is 4.42. The molecule has 0 radical (unpaired) electrons. The van der Waals surface area contributed by atoms with E-state index >= 15 is 0 Å². The molecule has 1 fully saturated rings. The number of nitrogens with one attached hydrogen (secondary N) is 2. The molecule has 1 saturated carbocycles. The lowest BCUT2D eigenvalue weighted by Crippen LogP contribution is -2.46. The summed E-state index contributed by atoms with van der Waals surface area (Å²) in [6.07, 6.45) is 4.13. The Hall–Kier alpha value is -3.67. The number of amides is 2. The summed E-state index contributed by atoms with van der Waals surface area (Å²) in [7, 11) is 0. The lowest BCUT2D eigenvalue weighted by atomic mass is 10.0. The molecule has 3 rings (SSSR count). The predicted octanol–water partition coefficient (Wildman–Crippen LogP) is 4.17. The van der Waals surface area contributed by atoms with Crippen LogP contribution in [0.1, 0.15) is 72.8 Å². The summed E-state index contributed by atoms with van der Waals surface area (Å²) in [5, 5.41) is 15.0. The first-order chi connectivity index (χ1) is 16.6. The predicted molar refractivity (Wildman–Crippen MR) is 128 cm³/mol. The maximum Gasteiger partial charge on any atom is 0.329 e. The maximum atomic E-state index is 13.1. The number of hydrogen-bond donors (Lipinski definition) is 2. The number of anilines is 1. The molecule has 0 aliphatic heterocycles. The van der Waals surface area contributed by atoms with Crippen molar-refractivity contribution in [2.24, 2.45) is 5.92 Å². The van der Waals surface area contributed by atoms with E-state index in [9.17, 15) is 24.0 Å². The van der Waals surface area contributed by atoms with Gasteiger partial charge in [0.05, 0.1) is 5.56 Å². The smallest absolute Gasteiger partial charge is 0.329 e. The lowest BCUT2D eigenvalue weighted by molar-refractivity contribution is -0.150. The summed E-state index contributed by atoms with van der Waals surface area (Å²) in [4.78, 5) is 37.9. The second kappa shape index (κ2) is 11.2. The van der Waals surface area contributed by atoms with Crippen molar-refractivity contribution in [3.63, 3.8) is 0 Å². The molecule has 1 aliphatic carbocycles. The van der Waals surface area contributed by atoms with E-state index < -0.39 is 36.2 Å². The van der Waals surface area contributed by atoms with Crippen LogP contribution in [0.25, 0.3) is 0 Å². The fourth-order valence-electron chi connectivity index (χ4n) is 4.42. The standard InChI is InChI=1S/C26H31FN4O4/c1-15(2)23(30-25(33)18-9-11-19(27)12-10-18)26(34)35-14-22(32)29-24-21(13-28)16(3)17(4)31(24)20-7-5-6-8-20/h9-12,15,20,23H,5-8,14H2,1-4H3,(H,29,32)(H,30,33)/t23-/m0/s1. The molecule has 35 heavy (non-hydrogen) atoms. The SMILES string of the molecule is Cc1c(C#N)c(NC(=O)COC(=O)[C@@H](NC(=O)c2ccc(F)cc2)C(C)C)n(C2CCCC2)c1C. The zero-order valence-electron chi connectivity index (χ0n) is 20.5. The molecule has 1 aromatic carbocycles. The van der Waals surface area contributed by atoms with Crippen LogP contribution in [0, 0.1) is 36.9 Å². The van der Waals surface area contributed by atoms with Gasteiger partial charge in [-0.25, -0.2) is 9.18 Å². The Morgan fingerprint density at radius 1 is 1.17 bits per heavy atom. The minimum absolute atomic E-state index is 0.199. The van der Waals surface area contributed by atoms with E-state index in [1.165, 1.54) is 12.1 Å². The fraction of sp³-hybridized carbons (Fsp3) is 0.462. The van der Waals surface area contributed by atoms with Crippen LogP contribution < -0.4 is 10.6 Å². The van der Waals surface area contributed by atoms with Crippen LogP contribution in [0.3, 0.4) is 0 Å². The molecule has 1 atom stereocenters. The van der Waals surface area contributed by atoms with Crippen molar-refractivity contribution >= 4 is 23.6 Å². The van der Waals surface area contributed by atoms with Gasteiger partial charge in [-0.1, -0.05) is 26.7 Å². The van der Waals surface area contributed by atoms with Gasteiger partial charge in [-0.3, -0.25) is 9.59 Å². The van der Waals surface area contributed by atoms with Crippen molar-refractivity contribution < 1.29 is 23.5 Å². The third-order valence-corrected chi connectivity index (χ3v) is 6.48. The minimum Gasteiger partial charge on any atom is -0.454 e. The molecule has 2 N–H and O–H groups in total. The summed E-state index contributed by atoms with van der Waals surface area (Å²) in [6.45, 7) is 6.69. The molecule has 8 nitrogen and oxygen atoms in total. The van der Waals surface area contributed by atoms with Gasteiger partial charge in [0.25, 0.3) is 11.8 Å². The summed E-state index contributed by atoms with van der Waals surface area (Å²) in [6, 6.07) is 6.33. The number of carbonyl (C=O) groups is 3. The van der Waals surface area contributed by atoms with Crippen molar-refractivity contribution in [1.29, 1.82) is 5.26 Å². The highest BCUT2D eigenvalue weighted by Gasteiger charge is 2.29. The third kappa shape index (κ3) is 5.88. The minimum atomic E-state index is -0.998. The Labute approximate surface area is 204 Å². The van der Waals surface area contributed by atoms with E-state index in [2.05, 4.69) is 16.7 Å². The van der Waals surface area contributed by atoms with Gasteiger partial charge in [-0.05, 0) is 62.4 Å². The van der Waals surface area contributed by atoms with Crippen LogP contribution in [-0.4, -0.2) is 35.0 Å². The zero-order valence-corrected chi connectivity index (χ0v) is 20.5. The van der Waals surface area contributed by atoms with Crippen molar-refractivity contribution in [2.75, 3.05) is 11.9 Å².